The number of hydrogen-bond acceptors (Lipinski definition) is 2. The first-order valence-corrected chi connectivity index (χ1v) is 2.41. The van der Waals surface area contributed by atoms with Crippen molar-refractivity contribution in [3.05, 3.63) is 16.8 Å². The number of allylic oxidation sites excluding steroid dienone is 2. The van der Waals surface area contributed by atoms with E-state index in [4.69, 9.17) is 17.0 Å². The maximum absolute atomic E-state index is 6.59. The summed E-state index contributed by atoms with van der Waals surface area (Å²) in [6.45, 7) is 0. The Hall–Kier alpha value is -0.850. The summed E-state index contributed by atoms with van der Waals surface area (Å²) in [5, 5.41) is 7.14. The molecule has 0 atom stereocenters. The summed E-state index contributed by atoms with van der Waals surface area (Å²) in [5.74, 6) is 2.10. The van der Waals surface area contributed by atoms with E-state index in [1.807, 2.05) is 0 Å². The van der Waals surface area contributed by atoms with Crippen LogP contribution in [0.5, 0.6) is 0 Å². The zero-order chi connectivity index (χ0) is 5.98. The van der Waals surface area contributed by atoms with Crippen LogP contribution in [0, 0.1) is 5.41 Å². The van der Waals surface area contributed by atoms with Gasteiger partial charge in [-0.15, -0.1) is 0 Å². The Morgan fingerprint density at radius 3 is 2.75 bits per heavy atom. The van der Waals surface area contributed by atoms with Gasteiger partial charge in [0, 0.05) is 12.1 Å². The molecule has 1 aliphatic rings. The number of hydrogen-bond donors (Lipinski definition) is 1. The minimum Gasteiger partial charge on any atom is -0.257 e. The SMILES string of the molecule is N=C=C1C=C(Cl)C=N1. The molecule has 3 heteroatoms. The average molecular weight is 127 g/mol. The monoisotopic (exact) mass is 126 g/mol. The van der Waals surface area contributed by atoms with Crippen molar-refractivity contribution in [3.8, 4) is 0 Å². The Morgan fingerprint density at radius 2 is 2.50 bits per heavy atom. The molecular weight excluding hydrogens is 124 g/mol. The maximum atomic E-state index is 6.59. The van der Waals surface area contributed by atoms with Crippen LogP contribution in [0.25, 0.3) is 0 Å². The fourth-order valence-electron chi connectivity index (χ4n) is 0.405. The summed E-state index contributed by atoms with van der Waals surface area (Å²) in [5.41, 5.74) is 0.481. The second kappa shape index (κ2) is 1.95. The second-order valence-electron chi connectivity index (χ2n) is 1.30. The van der Waals surface area contributed by atoms with Crippen LogP contribution in [0.3, 0.4) is 0 Å². The number of aliphatic imine (C=N–C) groups is 1. The minimum atomic E-state index is 0.481. The third-order valence-electron chi connectivity index (χ3n) is 0.730. The fourth-order valence-corrected chi connectivity index (χ4v) is 0.557. The Balaban J connectivity index is 3.01. The van der Waals surface area contributed by atoms with Gasteiger partial charge in [-0.3, -0.25) is 5.41 Å². The molecule has 0 aromatic heterocycles. The van der Waals surface area contributed by atoms with Crippen LogP contribution >= 0.6 is 11.6 Å². The number of nitrogens with one attached hydrogen (secondary N) is 1. The van der Waals surface area contributed by atoms with Gasteiger partial charge in [0.15, 0.2) is 0 Å². The van der Waals surface area contributed by atoms with Crippen molar-refractivity contribution < 1.29 is 0 Å². The van der Waals surface area contributed by atoms with E-state index in [1.165, 1.54) is 6.21 Å². The van der Waals surface area contributed by atoms with Crippen molar-refractivity contribution >= 4 is 23.7 Å². The van der Waals surface area contributed by atoms with Crippen LogP contribution in [0.2, 0.25) is 0 Å². The summed E-state index contributed by atoms with van der Waals surface area (Å²) in [7, 11) is 0. The molecule has 0 fully saturated rings. The molecule has 0 aliphatic carbocycles. The van der Waals surface area contributed by atoms with Gasteiger partial charge in [-0.1, -0.05) is 11.6 Å². The first-order valence-electron chi connectivity index (χ1n) is 2.04. The van der Waals surface area contributed by atoms with E-state index in [1.54, 1.807) is 6.08 Å². The van der Waals surface area contributed by atoms with E-state index in [2.05, 4.69) is 10.9 Å². The van der Waals surface area contributed by atoms with Crippen LogP contribution in [-0.2, 0) is 0 Å². The fraction of sp³-hybridized carbons (Fsp3) is 0. The molecule has 0 spiro atoms. The largest absolute Gasteiger partial charge is 0.257 e. The smallest absolute Gasteiger partial charge is 0.125 e. The van der Waals surface area contributed by atoms with Crippen LogP contribution in [-0.4, -0.2) is 12.1 Å². The van der Waals surface area contributed by atoms with Crippen molar-refractivity contribution in [2.24, 2.45) is 4.99 Å². The van der Waals surface area contributed by atoms with E-state index >= 15 is 0 Å². The standard InChI is InChI=1S/C5H3ClN2/c6-4-1-5(2-7)8-3-4/h1,3,7H. The molecule has 40 valence electrons. The summed E-state index contributed by atoms with van der Waals surface area (Å²) < 4.78 is 0. The van der Waals surface area contributed by atoms with E-state index in [0.29, 0.717) is 10.7 Å². The molecular formula is C5H3ClN2. The lowest BCUT2D eigenvalue weighted by atomic mass is 10.5. The lowest BCUT2D eigenvalue weighted by molar-refractivity contribution is 1.48. The van der Waals surface area contributed by atoms with Crippen molar-refractivity contribution in [1.82, 2.24) is 0 Å². The van der Waals surface area contributed by atoms with Gasteiger partial charge in [-0.25, -0.2) is 4.99 Å². The second-order valence-corrected chi connectivity index (χ2v) is 1.73. The van der Waals surface area contributed by atoms with Crippen molar-refractivity contribution in [2.75, 3.05) is 0 Å². The third kappa shape index (κ3) is 0.861. The lowest BCUT2D eigenvalue weighted by Gasteiger charge is -1.71. The predicted molar refractivity (Wildman–Crippen MR) is 33.7 cm³/mol. The molecule has 1 aliphatic heterocycles. The minimum absolute atomic E-state index is 0.481. The number of halogens is 1. The van der Waals surface area contributed by atoms with Gasteiger partial charge in [-0.2, -0.15) is 0 Å². The van der Waals surface area contributed by atoms with Gasteiger partial charge in [0.25, 0.3) is 0 Å². The summed E-state index contributed by atoms with van der Waals surface area (Å²) >= 11 is 5.45. The average Bonchev–Trinajstić information content (AvgIpc) is 2.14. The normalized spacial score (nSPS) is 16.1. The zero-order valence-corrected chi connectivity index (χ0v) is 4.74. The molecule has 0 aromatic carbocycles. The van der Waals surface area contributed by atoms with Crippen LogP contribution in [0.4, 0.5) is 0 Å². The van der Waals surface area contributed by atoms with Crippen LogP contribution in [0.15, 0.2) is 21.8 Å². The van der Waals surface area contributed by atoms with E-state index in [-0.39, 0.29) is 0 Å². The molecule has 2 nitrogen and oxygen atoms in total. The highest BCUT2D eigenvalue weighted by atomic mass is 35.5. The Bertz CT molecular complexity index is 208. The van der Waals surface area contributed by atoms with Crippen molar-refractivity contribution in [2.45, 2.75) is 0 Å². The van der Waals surface area contributed by atoms with Gasteiger partial charge in [0.05, 0.1) is 5.03 Å². The molecule has 0 saturated heterocycles. The summed E-state index contributed by atoms with van der Waals surface area (Å²) in [4.78, 5) is 3.70. The quantitative estimate of drug-likeness (QED) is 0.476. The summed E-state index contributed by atoms with van der Waals surface area (Å²) in [6.07, 6.45) is 3.06. The van der Waals surface area contributed by atoms with Gasteiger partial charge in [0.1, 0.15) is 5.70 Å². The third-order valence-corrected chi connectivity index (χ3v) is 0.936. The Labute approximate surface area is 51.7 Å². The van der Waals surface area contributed by atoms with Crippen LogP contribution in [0.1, 0.15) is 0 Å². The van der Waals surface area contributed by atoms with Gasteiger partial charge in [0.2, 0.25) is 0 Å². The van der Waals surface area contributed by atoms with E-state index in [9.17, 15) is 0 Å². The van der Waals surface area contributed by atoms with E-state index < -0.39 is 0 Å². The highest BCUT2D eigenvalue weighted by Crippen LogP contribution is 2.10. The molecule has 1 rings (SSSR count). The highest BCUT2D eigenvalue weighted by Gasteiger charge is 1.97. The van der Waals surface area contributed by atoms with Gasteiger partial charge >= 0.3 is 0 Å². The topological polar surface area (TPSA) is 36.2 Å². The molecule has 0 amide bonds. The Kier molecular flexibility index (Phi) is 1.29. The zero-order valence-electron chi connectivity index (χ0n) is 3.98. The Morgan fingerprint density at radius 1 is 1.75 bits per heavy atom. The maximum Gasteiger partial charge on any atom is 0.125 e. The number of rotatable bonds is 0. The van der Waals surface area contributed by atoms with Crippen molar-refractivity contribution in [1.29, 1.82) is 5.41 Å². The van der Waals surface area contributed by atoms with E-state index in [0.717, 1.165) is 0 Å². The summed E-state index contributed by atoms with van der Waals surface area (Å²) in [6, 6.07) is 0. The van der Waals surface area contributed by atoms with Crippen LogP contribution < -0.4 is 0 Å². The van der Waals surface area contributed by atoms with Crippen molar-refractivity contribution in [3.63, 3.8) is 0 Å². The van der Waals surface area contributed by atoms with Gasteiger partial charge < -0.3 is 0 Å². The lowest BCUT2D eigenvalue weighted by Crippen LogP contribution is -1.61. The molecule has 0 unspecified atom stereocenters. The first kappa shape index (κ1) is 5.29. The molecule has 0 aromatic rings. The molecule has 0 bridgehead atoms. The molecule has 0 radical (unpaired) electrons. The predicted octanol–water partition coefficient (Wildman–Crippen LogP) is 1.33. The molecule has 1 N–H and O–H groups in total. The molecule has 1 heterocycles. The molecule has 8 heavy (non-hydrogen) atoms. The number of nitrogens with zero attached hydrogens (tertiary/aromatic N) is 1. The molecule has 0 saturated carbocycles. The highest BCUT2D eigenvalue weighted by molar-refractivity contribution is 6.40. The first-order chi connectivity index (χ1) is 3.83. The van der Waals surface area contributed by atoms with Gasteiger partial charge in [-0.05, 0) is 6.08 Å².